The lowest BCUT2D eigenvalue weighted by Gasteiger charge is -2.37. The Morgan fingerprint density at radius 1 is 1.02 bits per heavy atom. The quantitative estimate of drug-likeness (QED) is 0.409. The fraction of sp³-hybridized carbons (Fsp3) is 0.536. The van der Waals surface area contributed by atoms with E-state index in [0.29, 0.717) is 18.1 Å². The van der Waals surface area contributed by atoms with E-state index in [1.54, 1.807) is 11.0 Å². The maximum absolute atomic E-state index is 14.0. The highest BCUT2D eigenvalue weighted by Gasteiger charge is 2.33. The smallest absolute Gasteiger partial charge is 0.256 e. The van der Waals surface area contributed by atoms with Gasteiger partial charge in [0.25, 0.3) is 5.91 Å². The van der Waals surface area contributed by atoms with Crippen molar-refractivity contribution >= 4 is 50.5 Å². The van der Waals surface area contributed by atoms with Crippen molar-refractivity contribution in [1.82, 2.24) is 24.4 Å². The van der Waals surface area contributed by atoms with Crippen LogP contribution < -0.4 is 14.5 Å². The first kappa shape index (κ1) is 28.9. The van der Waals surface area contributed by atoms with Crippen LogP contribution in [0.1, 0.15) is 47.8 Å². The fourth-order valence-electron chi connectivity index (χ4n) is 6.00. The highest BCUT2D eigenvalue weighted by molar-refractivity contribution is 7.92. The molecule has 2 aromatic heterocycles. The summed E-state index contributed by atoms with van der Waals surface area (Å²) >= 11 is 6.25. The van der Waals surface area contributed by atoms with Crippen LogP contribution in [-0.2, 0) is 10.0 Å². The maximum atomic E-state index is 14.0. The second-order valence-electron chi connectivity index (χ2n) is 11.2. The summed E-state index contributed by atoms with van der Waals surface area (Å²) in [7, 11) is -3.61. The molecule has 0 radical (unpaired) electrons. The van der Waals surface area contributed by atoms with Crippen molar-refractivity contribution in [2.45, 2.75) is 31.7 Å². The Balaban J connectivity index is 1.35. The van der Waals surface area contributed by atoms with Gasteiger partial charge in [-0.2, -0.15) is 9.61 Å². The number of piperidine rings is 1. The number of likely N-dealkylation sites (tertiary alicyclic amines) is 1. The number of piperazine rings is 1. The summed E-state index contributed by atoms with van der Waals surface area (Å²) in [6.07, 6.45) is 4.67. The van der Waals surface area contributed by atoms with Crippen molar-refractivity contribution in [3.63, 3.8) is 0 Å². The number of hydrogen-bond acceptors (Lipinski definition) is 8. The van der Waals surface area contributed by atoms with Crippen molar-refractivity contribution in [3.8, 4) is 0 Å². The third kappa shape index (κ3) is 6.00. The van der Waals surface area contributed by atoms with Crippen molar-refractivity contribution in [3.05, 3.63) is 46.6 Å². The average molecular weight is 619 g/mol. The second kappa shape index (κ2) is 11.8. The van der Waals surface area contributed by atoms with E-state index in [-0.39, 0.29) is 29.9 Å². The zero-order valence-corrected chi connectivity index (χ0v) is 25.2. The molecule has 14 heteroatoms. The van der Waals surface area contributed by atoms with Crippen LogP contribution in [0, 0.1) is 0 Å². The number of hydrogen-bond donors (Lipinski definition) is 1. The molecule has 3 aromatic rings. The molecule has 42 heavy (non-hydrogen) atoms. The predicted octanol–water partition coefficient (Wildman–Crippen LogP) is 3.42. The summed E-state index contributed by atoms with van der Waals surface area (Å²) in [6, 6.07) is 8.33. The molecule has 1 N–H and O–H groups in total. The minimum Gasteiger partial charge on any atom is -0.356 e. The molecule has 1 amide bonds. The summed E-state index contributed by atoms with van der Waals surface area (Å²) in [6.45, 7) is 5.59. The molecule has 3 aliphatic heterocycles. The number of rotatable bonds is 8. The molecule has 0 spiro atoms. The first-order chi connectivity index (χ1) is 20.2. The average Bonchev–Trinajstić information content (AvgIpc) is 3.36. The van der Waals surface area contributed by atoms with E-state index in [1.807, 2.05) is 10.6 Å². The molecule has 3 fully saturated rings. The lowest BCUT2D eigenvalue weighted by molar-refractivity contribution is 0.0607. The molecule has 1 atom stereocenters. The fourth-order valence-corrected chi connectivity index (χ4v) is 6.75. The number of fused-ring (bicyclic) bond motifs is 1. The van der Waals surface area contributed by atoms with Gasteiger partial charge in [-0.1, -0.05) is 11.6 Å². The number of halogens is 2. The monoisotopic (exact) mass is 618 g/mol. The SMILES string of the molecule is CS(=O)(=O)Nc1ccc(Cl)cc1C(=O)N1CCCC[C@H]1c1cc2nc(N3CCC3)cc(N3CCN(CCF)CC3)n2n1. The van der Waals surface area contributed by atoms with Gasteiger partial charge in [0.1, 0.15) is 18.3 Å². The normalized spacial score (nSPS) is 20.2. The van der Waals surface area contributed by atoms with Gasteiger partial charge in [-0.25, -0.2) is 17.8 Å². The number of carbonyl (C=O) groups is 1. The van der Waals surface area contributed by atoms with Crippen molar-refractivity contribution < 1.29 is 17.6 Å². The van der Waals surface area contributed by atoms with E-state index in [1.165, 1.54) is 12.1 Å². The van der Waals surface area contributed by atoms with E-state index >= 15 is 0 Å². The van der Waals surface area contributed by atoms with E-state index in [2.05, 4.69) is 25.5 Å². The van der Waals surface area contributed by atoms with Crippen LogP contribution in [0.4, 0.5) is 21.7 Å². The third-order valence-corrected chi connectivity index (χ3v) is 9.13. The molecule has 3 aliphatic rings. The van der Waals surface area contributed by atoms with Crippen molar-refractivity contribution in [1.29, 1.82) is 0 Å². The number of amides is 1. The topological polar surface area (TPSA) is 106 Å². The largest absolute Gasteiger partial charge is 0.356 e. The number of nitrogens with one attached hydrogen (secondary N) is 1. The molecule has 3 saturated heterocycles. The molecule has 5 heterocycles. The van der Waals surface area contributed by atoms with Crippen molar-refractivity contribution in [2.24, 2.45) is 0 Å². The van der Waals surface area contributed by atoms with E-state index < -0.39 is 10.0 Å². The van der Waals surface area contributed by atoms with Crippen LogP contribution in [0.5, 0.6) is 0 Å². The summed E-state index contributed by atoms with van der Waals surface area (Å²) in [5.74, 6) is 1.55. The first-order valence-electron chi connectivity index (χ1n) is 14.5. The predicted molar refractivity (Wildman–Crippen MR) is 162 cm³/mol. The molecule has 6 rings (SSSR count). The molecule has 11 nitrogen and oxygen atoms in total. The van der Waals surface area contributed by atoms with E-state index in [0.717, 1.165) is 94.2 Å². The van der Waals surface area contributed by atoms with Crippen molar-refractivity contribution in [2.75, 3.05) is 79.8 Å². The number of aromatic nitrogens is 3. The van der Waals surface area contributed by atoms with E-state index in [4.69, 9.17) is 21.7 Å². The Bertz CT molecular complexity index is 1570. The number of carbonyl (C=O) groups excluding carboxylic acids is 1. The van der Waals surface area contributed by atoms with Crippen LogP contribution in [-0.4, -0.2) is 104 Å². The number of anilines is 3. The number of nitrogens with zero attached hydrogens (tertiary/aromatic N) is 7. The van der Waals surface area contributed by atoms with Gasteiger partial charge in [0.2, 0.25) is 10.0 Å². The number of benzene rings is 1. The highest BCUT2D eigenvalue weighted by Crippen LogP contribution is 2.35. The lowest BCUT2D eigenvalue weighted by atomic mass is 9.98. The number of alkyl halides is 1. The lowest BCUT2D eigenvalue weighted by Crippen LogP contribution is -2.47. The Hall–Kier alpha value is -3.16. The van der Waals surface area contributed by atoms with Crippen LogP contribution in [0.2, 0.25) is 5.02 Å². The Morgan fingerprint density at radius 3 is 2.50 bits per heavy atom. The van der Waals surface area contributed by atoms with Gasteiger partial charge < -0.3 is 14.7 Å². The summed E-state index contributed by atoms with van der Waals surface area (Å²) < 4.78 is 41.3. The van der Waals surface area contributed by atoms with Crippen LogP contribution in [0.25, 0.3) is 5.65 Å². The minimum atomic E-state index is -3.61. The van der Waals surface area contributed by atoms with Crippen LogP contribution >= 0.6 is 11.6 Å². The van der Waals surface area contributed by atoms with Gasteiger partial charge in [-0.05, 0) is 43.9 Å². The molecule has 226 valence electrons. The van der Waals surface area contributed by atoms with Crippen LogP contribution in [0.3, 0.4) is 0 Å². The second-order valence-corrected chi connectivity index (χ2v) is 13.4. The standard InChI is InChI=1S/C28H36ClFN8O3S/c1-42(40,41)33-22-7-6-20(29)17-21(22)28(39)37-11-3-2-5-24(37)23-18-26-31-25(35-9-4-10-35)19-27(38(26)32-23)36-15-13-34(12-8-30)14-16-36/h6-7,17-19,24,33H,2-5,8-16H2,1H3/t24-/m0/s1. The van der Waals surface area contributed by atoms with Gasteiger partial charge >= 0.3 is 0 Å². The third-order valence-electron chi connectivity index (χ3n) is 8.30. The van der Waals surface area contributed by atoms with Gasteiger partial charge in [0.15, 0.2) is 5.65 Å². The van der Waals surface area contributed by atoms with Gasteiger partial charge in [0.05, 0.1) is 29.2 Å². The molecule has 0 bridgehead atoms. The minimum absolute atomic E-state index is 0.196. The molecule has 1 aromatic carbocycles. The highest BCUT2D eigenvalue weighted by atomic mass is 35.5. The molecule has 0 saturated carbocycles. The Labute approximate surface area is 250 Å². The Kier molecular flexibility index (Phi) is 8.16. The molecule has 0 unspecified atom stereocenters. The number of sulfonamides is 1. The molecule has 0 aliphatic carbocycles. The van der Waals surface area contributed by atoms with Gasteiger partial charge in [0, 0.05) is 69.5 Å². The maximum Gasteiger partial charge on any atom is 0.256 e. The molecular weight excluding hydrogens is 583 g/mol. The first-order valence-corrected chi connectivity index (χ1v) is 16.7. The van der Waals surface area contributed by atoms with E-state index in [9.17, 15) is 17.6 Å². The zero-order valence-electron chi connectivity index (χ0n) is 23.7. The summed E-state index contributed by atoms with van der Waals surface area (Å²) in [5.41, 5.74) is 1.86. The van der Waals surface area contributed by atoms with Crippen LogP contribution in [0.15, 0.2) is 30.3 Å². The molecular formula is C28H36ClFN8O3S. The van der Waals surface area contributed by atoms with Gasteiger partial charge in [-0.3, -0.25) is 14.4 Å². The van der Waals surface area contributed by atoms with Gasteiger partial charge in [-0.15, -0.1) is 0 Å². The zero-order chi connectivity index (χ0) is 29.4. The summed E-state index contributed by atoms with van der Waals surface area (Å²) in [5, 5.41) is 5.37. The Morgan fingerprint density at radius 2 is 1.81 bits per heavy atom. The summed E-state index contributed by atoms with van der Waals surface area (Å²) in [4.78, 5) is 27.4.